The number of hydrogen-bond donors (Lipinski definition) is 2. The monoisotopic (exact) mass is 400 g/mol. The van der Waals surface area contributed by atoms with E-state index < -0.39 is 0 Å². The molecule has 0 spiro atoms. The SMILES string of the molecule is Cc1cc(Br)c(NC(=O)c2n[nH]c(C(C)C)n2)c(Br)c1. The van der Waals surface area contributed by atoms with E-state index in [1.165, 1.54) is 0 Å². The minimum atomic E-state index is -0.349. The zero-order chi connectivity index (χ0) is 14.9. The number of rotatable bonds is 3. The molecule has 0 bridgehead atoms. The summed E-state index contributed by atoms with van der Waals surface area (Å²) in [6.45, 7) is 5.94. The lowest BCUT2D eigenvalue weighted by Gasteiger charge is -2.09. The highest BCUT2D eigenvalue weighted by Crippen LogP contribution is 2.32. The molecule has 20 heavy (non-hydrogen) atoms. The summed E-state index contributed by atoms with van der Waals surface area (Å²) in [5.74, 6) is 0.672. The smallest absolute Gasteiger partial charge is 0.295 e. The first-order valence-corrected chi connectivity index (χ1v) is 7.66. The van der Waals surface area contributed by atoms with E-state index in [4.69, 9.17) is 0 Å². The number of anilines is 1. The second-order valence-corrected chi connectivity index (χ2v) is 6.47. The second-order valence-electron chi connectivity index (χ2n) is 4.76. The average Bonchev–Trinajstić information content (AvgIpc) is 2.83. The van der Waals surface area contributed by atoms with Crippen LogP contribution in [0.1, 0.15) is 41.8 Å². The molecule has 0 aliphatic heterocycles. The Balaban J connectivity index is 2.23. The molecule has 5 nitrogen and oxygen atoms in total. The van der Waals surface area contributed by atoms with Gasteiger partial charge in [0.05, 0.1) is 5.69 Å². The highest BCUT2D eigenvalue weighted by atomic mass is 79.9. The summed E-state index contributed by atoms with van der Waals surface area (Å²) in [5, 5.41) is 9.49. The van der Waals surface area contributed by atoms with Crippen LogP contribution >= 0.6 is 31.9 Å². The van der Waals surface area contributed by atoms with Crippen LogP contribution in [0.5, 0.6) is 0 Å². The van der Waals surface area contributed by atoms with Crippen LogP contribution in [-0.4, -0.2) is 21.1 Å². The molecule has 0 aliphatic carbocycles. The van der Waals surface area contributed by atoms with Crippen molar-refractivity contribution in [2.45, 2.75) is 26.7 Å². The number of hydrogen-bond acceptors (Lipinski definition) is 3. The number of aryl methyl sites for hydroxylation is 1. The van der Waals surface area contributed by atoms with Crippen LogP contribution in [-0.2, 0) is 0 Å². The predicted octanol–water partition coefficient (Wildman–Crippen LogP) is 4.01. The van der Waals surface area contributed by atoms with Crippen molar-refractivity contribution >= 4 is 43.5 Å². The van der Waals surface area contributed by atoms with Gasteiger partial charge >= 0.3 is 0 Å². The lowest BCUT2D eigenvalue weighted by atomic mass is 10.2. The maximum absolute atomic E-state index is 12.1. The van der Waals surface area contributed by atoms with Crippen LogP contribution in [0.2, 0.25) is 0 Å². The second kappa shape index (κ2) is 6.05. The minimum Gasteiger partial charge on any atom is -0.317 e. The van der Waals surface area contributed by atoms with E-state index in [1.807, 2.05) is 32.9 Å². The van der Waals surface area contributed by atoms with Crippen molar-refractivity contribution in [3.05, 3.63) is 38.3 Å². The van der Waals surface area contributed by atoms with Crippen molar-refractivity contribution in [1.29, 1.82) is 0 Å². The van der Waals surface area contributed by atoms with Crippen molar-refractivity contribution in [1.82, 2.24) is 15.2 Å². The number of nitrogens with zero attached hydrogens (tertiary/aromatic N) is 2. The van der Waals surface area contributed by atoms with Gasteiger partial charge in [0, 0.05) is 14.9 Å². The van der Waals surface area contributed by atoms with Crippen LogP contribution in [0.15, 0.2) is 21.1 Å². The molecule has 0 aliphatic rings. The molecule has 2 aromatic rings. The summed E-state index contributed by atoms with van der Waals surface area (Å²) in [7, 11) is 0. The quantitative estimate of drug-likeness (QED) is 0.815. The number of aromatic amines is 1. The van der Waals surface area contributed by atoms with E-state index in [2.05, 4.69) is 52.4 Å². The van der Waals surface area contributed by atoms with Crippen LogP contribution in [0.25, 0.3) is 0 Å². The van der Waals surface area contributed by atoms with Gasteiger partial charge in [0.2, 0.25) is 5.82 Å². The number of amides is 1. The molecule has 1 amide bonds. The molecule has 106 valence electrons. The maximum Gasteiger partial charge on any atom is 0.295 e. The Kier molecular flexibility index (Phi) is 4.59. The van der Waals surface area contributed by atoms with E-state index in [9.17, 15) is 4.79 Å². The van der Waals surface area contributed by atoms with Crippen molar-refractivity contribution in [2.24, 2.45) is 0 Å². The van der Waals surface area contributed by atoms with Crippen molar-refractivity contribution in [3.63, 3.8) is 0 Å². The average molecular weight is 402 g/mol. The Morgan fingerprint density at radius 2 is 1.90 bits per heavy atom. The molecule has 0 radical (unpaired) electrons. The van der Waals surface area contributed by atoms with Gasteiger partial charge in [-0.1, -0.05) is 13.8 Å². The summed E-state index contributed by atoms with van der Waals surface area (Å²) in [5.41, 5.74) is 1.75. The van der Waals surface area contributed by atoms with Gasteiger partial charge < -0.3 is 5.32 Å². The molecule has 2 rings (SSSR count). The van der Waals surface area contributed by atoms with Gasteiger partial charge in [0.1, 0.15) is 5.82 Å². The highest BCUT2D eigenvalue weighted by molar-refractivity contribution is 9.11. The van der Waals surface area contributed by atoms with Gasteiger partial charge in [0.15, 0.2) is 0 Å². The van der Waals surface area contributed by atoms with Gasteiger partial charge in [-0.2, -0.15) is 0 Å². The van der Waals surface area contributed by atoms with Crippen LogP contribution in [0.4, 0.5) is 5.69 Å². The molecule has 0 saturated heterocycles. The Hall–Kier alpha value is -1.21. The van der Waals surface area contributed by atoms with E-state index in [0.717, 1.165) is 14.5 Å². The summed E-state index contributed by atoms with van der Waals surface area (Å²) < 4.78 is 1.61. The number of nitrogens with one attached hydrogen (secondary N) is 2. The zero-order valence-corrected chi connectivity index (χ0v) is 14.5. The standard InChI is InChI=1S/C13H14Br2N4O/c1-6(2)11-17-12(19-18-11)13(20)16-10-8(14)4-7(3)5-9(10)15/h4-6H,1-3H3,(H,16,20)(H,17,18,19). The molecular weight excluding hydrogens is 388 g/mol. The largest absolute Gasteiger partial charge is 0.317 e. The third kappa shape index (κ3) is 3.27. The van der Waals surface area contributed by atoms with Gasteiger partial charge in [-0.05, 0) is 56.5 Å². The lowest BCUT2D eigenvalue weighted by Crippen LogP contribution is -2.14. The number of halogens is 2. The van der Waals surface area contributed by atoms with Gasteiger partial charge in [-0.15, -0.1) is 5.10 Å². The third-order valence-electron chi connectivity index (χ3n) is 2.68. The first-order valence-electron chi connectivity index (χ1n) is 6.07. The fraction of sp³-hybridized carbons (Fsp3) is 0.308. The molecule has 7 heteroatoms. The third-order valence-corrected chi connectivity index (χ3v) is 3.93. The molecule has 0 unspecified atom stereocenters. The van der Waals surface area contributed by atoms with Crippen molar-refractivity contribution in [2.75, 3.05) is 5.32 Å². The summed E-state index contributed by atoms with van der Waals surface area (Å²) in [6.07, 6.45) is 0. The molecule has 1 aromatic carbocycles. The molecule has 1 heterocycles. The fourth-order valence-electron chi connectivity index (χ4n) is 1.62. The summed E-state index contributed by atoms with van der Waals surface area (Å²) in [4.78, 5) is 16.3. The molecule has 0 saturated carbocycles. The number of carbonyl (C=O) groups excluding carboxylic acids is 1. The van der Waals surface area contributed by atoms with E-state index in [1.54, 1.807) is 0 Å². The molecule has 1 aromatic heterocycles. The highest BCUT2D eigenvalue weighted by Gasteiger charge is 2.16. The van der Waals surface area contributed by atoms with Crippen LogP contribution in [0, 0.1) is 6.92 Å². The Labute approximate surface area is 133 Å². The van der Waals surface area contributed by atoms with E-state index in [0.29, 0.717) is 11.5 Å². The van der Waals surface area contributed by atoms with E-state index >= 15 is 0 Å². The first-order chi connectivity index (χ1) is 9.38. The fourth-order valence-corrected chi connectivity index (χ4v) is 3.24. The number of benzene rings is 1. The normalized spacial score (nSPS) is 10.9. The molecule has 0 atom stereocenters. The van der Waals surface area contributed by atoms with Crippen LogP contribution in [0.3, 0.4) is 0 Å². The Morgan fingerprint density at radius 1 is 1.30 bits per heavy atom. The predicted molar refractivity (Wildman–Crippen MR) is 85.0 cm³/mol. The summed E-state index contributed by atoms with van der Waals surface area (Å²) in [6, 6.07) is 3.86. The van der Waals surface area contributed by atoms with E-state index in [-0.39, 0.29) is 17.6 Å². The van der Waals surface area contributed by atoms with Crippen molar-refractivity contribution < 1.29 is 4.79 Å². The van der Waals surface area contributed by atoms with Crippen molar-refractivity contribution in [3.8, 4) is 0 Å². The lowest BCUT2D eigenvalue weighted by molar-refractivity contribution is 0.101. The minimum absolute atomic E-state index is 0.132. The number of carbonyl (C=O) groups is 1. The Bertz CT molecular complexity index is 629. The summed E-state index contributed by atoms with van der Waals surface area (Å²) >= 11 is 6.87. The zero-order valence-electron chi connectivity index (χ0n) is 11.3. The number of H-pyrrole nitrogens is 1. The van der Waals surface area contributed by atoms with Gasteiger partial charge in [0.25, 0.3) is 5.91 Å². The topological polar surface area (TPSA) is 70.7 Å². The molecule has 2 N–H and O–H groups in total. The molecule has 0 fully saturated rings. The molecular formula is C13H14Br2N4O. The first kappa shape index (κ1) is 15.2. The van der Waals surface area contributed by atoms with Gasteiger partial charge in [-0.3, -0.25) is 9.89 Å². The van der Waals surface area contributed by atoms with Crippen LogP contribution < -0.4 is 5.32 Å². The maximum atomic E-state index is 12.1. The van der Waals surface area contributed by atoms with Gasteiger partial charge in [-0.25, -0.2) is 4.98 Å². The number of aromatic nitrogens is 3. The Morgan fingerprint density at radius 3 is 2.40 bits per heavy atom.